The summed E-state index contributed by atoms with van der Waals surface area (Å²) in [4.78, 5) is 0. The molecule has 0 atom stereocenters. The smallest absolute Gasteiger partial charge is 0.00102 e. The predicted octanol–water partition coefficient (Wildman–Crippen LogP) is 3.30. The Hall–Kier alpha value is -0.0400. The number of hydrogen-bond donors (Lipinski definition) is 1. The van der Waals surface area contributed by atoms with Crippen LogP contribution < -0.4 is 5.32 Å². The van der Waals surface area contributed by atoms with Gasteiger partial charge in [-0.2, -0.15) is 0 Å². The van der Waals surface area contributed by atoms with Crippen molar-refractivity contribution in [2.24, 2.45) is 11.8 Å². The first-order valence-corrected chi connectivity index (χ1v) is 5.15. The highest BCUT2D eigenvalue weighted by molar-refractivity contribution is 4.46. The average molecular weight is 173 g/mol. The molecular weight excluding hydrogens is 146 g/mol. The maximum Gasteiger partial charge on any atom is 0.00102 e. The second-order valence-electron chi connectivity index (χ2n) is 4.20. The first kappa shape index (κ1) is 14.5. The minimum Gasteiger partial charge on any atom is -0.315 e. The van der Waals surface area contributed by atoms with Gasteiger partial charge in [0.25, 0.3) is 0 Å². The van der Waals surface area contributed by atoms with Gasteiger partial charge >= 0.3 is 0 Å². The van der Waals surface area contributed by atoms with Crippen LogP contribution in [0.15, 0.2) is 0 Å². The molecule has 76 valence electrons. The number of nitrogens with one attached hydrogen (secondary N) is 1. The Labute approximate surface area is 78.9 Å². The van der Waals surface area contributed by atoms with Crippen molar-refractivity contribution in [3.63, 3.8) is 0 Å². The van der Waals surface area contributed by atoms with Gasteiger partial charge in [-0.15, -0.1) is 0 Å². The molecule has 0 aromatic heterocycles. The van der Waals surface area contributed by atoms with Crippen molar-refractivity contribution in [3.8, 4) is 0 Å². The van der Waals surface area contributed by atoms with Gasteiger partial charge in [-0.1, -0.05) is 48.5 Å². The first-order valence-electron chi connectivity index (χ1n) is 5.15. The Morgan fingerprint density at radius 2 is 1.17 bits per heavy atom. The molecule has 0 rings (SSSR count). The van der Waals surface area contributed by atoms with Crippen LogP contribution in [0.3, 0.4) is 0 Å². The van der Waals surface area contributed by atoms with Crippen LogP contribution in [0.4, 0.5) is 0 Å². The molecule has 0 fully saturated rings. The zero-order valence-electron chi connectivity index (χ0n) is 9.94. The lowest BCUT2D eigenvalue weighted by Gasteiger charge is -2.05. The second kappa shape index (κ2) is 9.05. The largest absolute Gasteiger partial charge is 0.315 e. The molecule has 0 unspecified atom stereocenters. The van der Waals surface area contributed by atoms with E-state index in [1.165, 1.54) is 0 Å². The third kappa shape index (κ3) is 16.5. The van der Waals surface area contributed by atoms with E-state index in [1.54, 1.807) is 0 Å². The topological polar surface area (TPSA) is 12.0 Å². The van der Waals surface area contributed by atoms with E-state index in [0.717, 1.165) is 18.4 Å². The Morgan fingerprint density at radius 3 is 1.17 bits per heavy atom. The number of hydrogen-bond acceptors (Lipinski definition) is 1. The average Bonchev–Trinajstić information content (AvgIpc) is 1.87. The second-order valence-corrected chi connectivity index (χ2v) is 4.20. The van der Waals surface area contributed by atoms with E-state index in [2.05, 4.69) is 53.8 Å². The quantitative estimate of drug-likeness (QED) is 0.690. The lowest BCUT2D eigenvalue weighted by atomic mass is 10.0. The van der Waals surface area contributed by atoms with Crippen molar-refractivity contribution >= 4 is 0 Å². The van der Waals surface area contributed by atoms with Crippen LogP contribution in [0.2, 0.25) is 0 Å². The molecule has 0 amide bonds. The molecule has 1 heteroatoms. The normalized spacial score (nSPS) is 10.5. The molecule has 0 aliphatic heterocycles. The zero-order valence-corrected chi connectivity index (χ0v) is 9.94. The monoisotopic (exact) mass is 173 g/mol. The van der Waals surface area contributed by atoms with Gasteiger partial charge in [0.05, 0.1) is 0 Å². The fourth-order valence-electron chi connectivity index (χ4n) is 0.408. The van der Waals surface area contributed by atoms with E-state index in [-0.39, 0.29) is 0 Å². The van der Waals surface area contributed by atoms with Gasteiger partial charge in [-0.3, -0.25) is 0 Å². The van der Waals surface area contributed by atoms with Crippen molar-refractivity contribution in [2.45, 2.75) is 54.5 Å². The Morgan fingerprint density at radius 1 is 0.833 bits per heavy atom. The van der Waals surface area contributed by atoms with Crippen LogP contribution in [0.1, 0.15) is 48.5 Å². The van der Waals surface area contributed by atoms with E-state index in [4.69, 9.17) is 0 Å². The molecule has 1 N–H and O–H groups in total. The Balaban J connectivity index is 0. The van der Waals surface area contributed by atoms with E-state index in [9.17, 15) is 0 Å². The fourth-order valence-corrected chi connectivity index (χ4v) is 0.408. The highest BCUT2D eigenvalue weighted by Crippen LogP contribution is 2.05. The van der Waals surface area contributed by atoms with E-state index >= 15 is 0 Å². The zero-order chi connectivity index (χ0) is 10.1. The summed E-state index contributed by atoms with van der Waals surface area (Å²) in [6.07, 6.45) is 0. The maximum atomic E-state index is 3.21. The molecule has 0 aromatic rings. The van der Waals surface area contributed by atoms with Crippen molar-refractivity contribution in [2.75, 3.05) is 6.54 Å². The van der Waals surface area contributed by atoms with Gasteiger partial charge in [0.1, 0.15) is 0 Å². The van der Waals surface area contributed by atoms with Crippen LogP contribution >= 0.6 is 0 Å². The standard InChI is InChI=1S/C6H14.C5H13N/c1-5(2)6(3)4;1-4-6-5(2)3/h5-6H,1-4H3;5-6H,4H2,1-3H3. The summed E-state index contributed by atoms with van der Waals surface area (Å²) >= 11 is 0. The van der Waals surface area contributed by atoms with Crippen molar-refractivity contribution in [3.05, 3.63) is 0 Å². The van der Waals surface area contributed by atoms with Crippen LogP contribution in [-0.2, 0) is 0 Å². The minimum absolute atomic E-state index is 0.648. The Kier molecular flexibility index (Phi) is 10.9. The summed E-state index contributed by atoms with van der Waals surface area (Å²) in [5.41, 5.74) is 0. The highest BCUT2D eigenvalue weighted by Gasteiger charge is 1.95. The van der Waals surface area contributed by atoms with Gasteiger partial charge in [-0.25, -0.2) is 0 Å². The van der Waals surface area contributed by atoms with Crippen LogP contribution in [0.25, 0.3) is 0 Å². The van der Waals surface area contributed by atoms with Crippen molar-refractivity contribution < 1.29 is 0 Å². The molecule has 0 saturated heterocycles. The SMILES string of the molecule is CC(C)C(C)C.CCNC(C)C. The van der Waals surface area contributed by atoms with Crippen molar-refractivity contribution in [1.29, 1.82) is 0 Å². The molecular formula is C11H27N. The van der Waals surface area contributed by atoms with Gasteiger partial charge in [0.15, 0.2) is 0 Å². The maximum absolute atomic E-state index is 3.21. The van der Waals surface area contributed by atoms with E-state index in [1.807, 2.05) is 0 Å². The summed E-state index contributed by atoms with van der Waals surface area (Å²) in [7, 11) is 0. The van der Waals surface area contributed by atoms with Gasteiger partial charge in [-0.05, 0) is 18.4 Å². The molecule has 0 heterocycles. The van der Waals surface area contributed by atoms with Crippen LogP contribution in [-0.4, -0.2) is 12.6 Å². The first-order chi connectivity index (χ1) is 5.41. The molecule has 1 nitrogen and oxygen atoms in total. The number of rotatable bonds is 3. The third-order valence-corrected chi connectivity index (χ3v) is 1.95. The van der Waals surface area contributed by atoms with Crippen LogP contribution in [0, 0.1) is 11.8 Å². The molecule has 0 spiro atoms. The minimum atomic E-state index is 0.648. The lowest BCUT2D eigenvalue weighted by molar-refractivity contribution is 0.457. The summed E-state index contributed by atoms with van der Waals surface area (Å²) < 4.78 is 0. The van der Waals surface area contributed by atoms with E-state index in [0.29, 0.717) is 6.04 Å². The summed E-state index contributed by atoms with van der Waals surface area (Å²) in [6, 6.07) is 0.648. The van der Waals surface area contributed by atoms with E-state index < -0.39 is 0 Å². The van der Waals surface area contributed by atoms with Crippen molar-refractivity contribution in [1.82, 2.24) is 5.32 Å². The molecule has 0 aromatic carbocycles. The Bertz CT molecular complexity index is 69.1. The third-order valence-electron chi connectivity index (χ3n) is 1.95. The van der Waals surface area contributed by atoms with Crippen LogP contribution in [0.5, 0.6) is 0 Å². The van der Waals surface area contributed by atoms with Gasteiger partial charge in [0, 0.05) is 6.04 Å². The lowest BCUT2D eigenvalue weighted by Crippen LogP contribution is -2.21. The van der Waals surface area contributed by atoms with Gasteiger partial charge in [0.2, 0.25) is 0 Å². The fraction of sp³-hybridized carbons (Fsp3) is 1.00. The molecule has 0 aliphatic carbocycles. The van der Waals surface area contributed by atoms with Gasteiger partial charge < -0.3 is 5.32 Å². The summed E-state index contributed by atoms with van der Waals surface area (Å²) in [5, 5.41) is 3.21. The molecule has 0 aliphatic rings. The summed E-state index contributed by atoms with van der Waals surface area (Å²) in [5.74, 6) is 1.70. The summed E-state index contributed by atoms with van der Waals surface area (Å²) in [6.45, 7) is 16.4. The molecule has 0 bridgehead atoms. The molecule has 0 saturated carbocycles. The molecule has 12 heavy (non-hydrogen) atoms. The predicted molar refractivity (Wildman–Crippen MR) is 58.5 cm³/mol. The molecule has 0 radical (unpaired) electrons. The highest BCUT2D eigenvalue weighted by atomic mass is 14.9.